The molecule has 8 N–H and O–H groups in total. The molecule has 0 spiro atoms. The second-order valence-electron chi connectivity index (χ2n) is 5.62. The number of rotatable bonds is 8. The minimum absolute atomic E-state index is 0.149. The molecule has 0 saturated carbocycles. The first-order chi connectivity index (χ1) is 12.5. The zero-order valence-electron chi connectivity index (χ0n) is 13.7. The third-order valence-corrected chi connectivity index (χ3v) is 4.18. The van der Waals surface area contributed by atoms with Gasteiger partial charge in [-0.25, -0.2) is 9.55 Å². The lowest BCUT2D eigenvalue weighted by atomic mass is 10.1. The number of ether oxygens (including phenoxy) is 1. The first-order valence-electron chi connectivity index (χ1n) is 7.55. The highest BCUT2D eigenvalue weighted by atomic mass is 31.2. The fraction of sp³-hybridized carbons (Fsp3) is 0.583. The SMILES string of the molecule is Nc1c(C(=O)NCCC(=O)O)ncn1C1O[C@H](COP(=O)(O)O)[C@@H](O)[C@H]1O. The Kier molecular flexibility index (Phi) is 6.54. The minimum Gasteiger partial charge on any atom is -0.481 e. The number of nitrogens with two attached hydrogens (primary N) is 1. The lowest BCUT2D eigenvalue weighted by molar-refractivity contribution is -0.136. The van der Waals surface area contributed by atoms with Crippen LogP contribution in [0.3, 0.4) is 0 Å². The molecular weight excluding hydrogens is 391 g/mol. The molecule has 14 nitrogen and oxygen atoms in total. The van der Waals surface area contributed by atoms with Gasteiger partial charge in [0.1, 0.15) is 24.1 Å². The van der Waals surface area contributed by atoms with Gasteiger partial charge < -0.3 is 40.9 Å². The average Bonchev–Trinajstić information content (AvgIpc) is 3.06. The number of aromatic nitrogens is 2. The molecular formula is C12H19N4O10P. The van der Waals surface area contributed by atoms with Gasteiger partial charge in [0.2, 0.25) is 0 Å². The Morgan fingerprint density at radius 2 is 2.04 bits per heavy atom. The molecule has 1 aromatic heterocycles. The number of aliphatic hydroxyl groups excluding tert-OH is 2. The zero-order valence-corrected chi connectivity index (χ0v) is 14.6. The number of nitrogens with one attached hydrogen (secondary N) is 1. The number of imidazole rings is 1. The molecule has 4 atom stereocenters. The van der Waals surface area contributed by atoms with Crippen molar-refractivity contribution >= 4 is 25.5 Å². The maximum absolute atomic E-state index is 12.0. The highest BCUT2D eigenvalue weighted by Crippen LogP contribution is 2.38. The molecule has 2 rings (SSSR count). The summed E-state index contributed by atoms with van der Waals surface area (Å²) in [6.45, 7) is -0.848. The number of nitrogen functional groups attached to an aromatic ring is 1. The number of nitrogens with zero attached hydrogens (tertiary/aromatic N) is 2. The average molecular weight is 410 g/mol. The third kappa shape index (κ3) is 5.23. The first-order valence-corrected chi connectivity index (χ1v) is 9.08. The van der Waals surface area contributed by atoms with Gasteiger partial charge in [0.15, 0.2) is 11.9 Å². The highest BCUT2D eigenvalue weighted by Gasteiger charge is 2.45. The van der Waals surface area contributed by atoms with Crippen molar-refractivity contribution in [1.82, 2.24) is 14.9 Å². The third-order valence-electron chi connectivity index (χ3n) is 3.69. The molecule has 152 valence electrons. The highest BCUT2D eigenvalue weighted by molar-refractivity contribution is 7.46. The number of carboxylic acid groups (broad SMARTS) is 1. The van der Waals surface area contributed by atoms with Crippen LogP contribution in [0.15, 0.2) is 6.33 Å². The van der Waals surface area contributed by atoms with E-state index in [1.54, 1.807) is 0 Å². The van der Waals surface area contributed by atoms with Crippen molar-refractivity contribution in [2.24, 2.45) is 0 Å². The number of carbonyl (C=O) groups is 2. The quantitative estimate of drug-likeness (QED) is 0.219. The second kappa shape index (κ2) is 8.31. The van der Waals surface area contributed by atoms with E-state index in [0.717, 1.165) is 10.9 Å². The molecule has 0 bridgehead atoms. The summed E-state index contributed by atoms with van der Waals surface area (Å²) in [4.78, 5) is 43.6. The number of carboxylic acids is 1. The number of anilines is 1. The zero-order chi connectivity index (χ0) is 20.4. The van der Waals surface area contributed by atoms with E-state index in [2.05, 4.69) is 14.8 Å². The summed E-state index contributed by atoms with van der Waals surface area (Å²) in [5.74, 6) is -2.08. The van der Waals surface area contributed by atoms with Crippen molar-refractivity contribution < 1.29 is 48.5 Å². The number of phosphoric acid groups is 1. The van der Waals surface area contributed by atoms with Crippen LogP contribution in [0.4, 0.5) is 5.82 Å². The lowest BCUT2D eigenvalue weighted by Crippen LogP contribution is -2.33. The normalized spacial score (nSPS) is 25.5. The van der Waals surface area contributed by atoms with Crippen molar-refractivity contribution in [3.63, 3.8) is 0 Å². The van der Waals surface area contributed by atoms with E-state index in [1.165, 1.54) is 0 Å². The van der Waals surface area contributed by atoms with Gasteiger partial charge >= 0.3 is 13.8 Å². The number of aliphatic hydroxyl groups is 2. The van der Waals surface area contributed by atoms with Gasteiger partial charge in [-0.05, 0) is 0 Å². The van der Waals surface area contributed by atoms with E-state index < -0.39 is 50.8 Å². The molecule has 1 aliphatic heterocycles. The van der Waals surface area contributed by atoms with Crippen molar-refractivity contribution in [2.45, 2.75) is 31.0 Å². The van der Waals surface area contributed by atoms with Gasteiger partial charge in [-0.15, -0.1) is 0 Å². The van der Waals surface area contributed by atoms with E-state index in [4.69, 9.17) is 25.4 Å². The van der Waals surface area contributed by atoms with Crippen LogP contribution in [0.5, 0.6) is 0 Å². The van der Waals surface area contributed by atoms with Gasteiger partial charge in [-0.2, -0.15) is 0 Å². The Hall–Kier alpha value is -2.06. The van der Waals surface area contributed by atoms with Crippen LogP contribution >= 0.6 is 7.82 Å². The molecule has 0 aromatic carbocycles. The summed E-state index contributed by atoms with van der Waals surface area (Å²) in [7, 11) is -4.80. The van der Waals surface area contributed by atoms with E-state index in [9.17, 15) is 24.4 Å². The van der Waals surface area contributed by atoms with Gasteiger partial charge in [0, 0.05) is 6.54 Å². The van der Waals surface area contributed by atoms with Crippen molar-refractivity contribution in [2.75, 3.05) is 18.9 Å². The Morgan fingerprint density at radius 3 is 2.63 bits per heavy atom. The fourth-order valence-corrected chi connectivity index (χ4v) is 2.72. The fourth-order valence-electron chi connectivity index (χ4n) is 2.38. The standard InChI is InChI=1S/C12H19N4O10P/c13-10-7(11(21)14-2-1-6(17)18)15-4-16(10)12-9(20)8(19)5(26-12)3-25-27(22,23)24/h4-5,8-9,12,19-20H,1-3,13H2,(H,14,21)(H,17,18)(H2,22,23,24)/t5-,8-,9-,12?/m1/s1. The first kappa shape index (κ1) is 21.2. The second-order valence-corrected chi connectivity index (χ2v) is 6.86. The van der Waals surface area contributed by atoms with Crippen LogP contribution in [0.25, 0.3) is 0 Å². The molecule has 0 radical (unpaired) electrons. The Labute approximate surface area is 151 Å². The van der Waals surface area contributed by atoms with Crippen LogP contribution in [0, 0.1) is 0 Å². The van der Waals surface area contributed by atoms with Gasteiger partial charge in [0.25, 0.3) is 5.91 Å². The van der Waals surface area contributed by atoms with E-state index >= 15 is 0 Å². The Morgan fingerprint density at radius 1 is 1.37 bits per heavy atom. The molecule has 2 heterocycles. The molecule has 1 aliphatic rings. The summed E-state index contributed by atoms with van der Waals surface area (Å²) in [6.07, 6.45) is -4.89. The molecule has 27 heavy (non-hydrogen) atoms. The number of aliphatic carboxylic acids is 1. The summed E-state index contributed by atoms with van der Waals surface area (Å²) in [5, 5.41) is 30.9. The molecule has 1 amide bonds. The van der Waals surface area contributed by atoms with Gasteiger partial charge in [-0.1, -0.05) is 0 Å². The largest absolute Gasteiger partial charge is 0.481 e. The Balaban J connectivity index is 2.07. The molecule has 1 unspecified atom stereocenters. The molecule has 15 heteroatoms. The van der Waals surface area contributed by atoms with Crippen LogP contribution in [-0.4, -0.2) is 78.0 Å². The number of carbonyl (C=O) groups excluding carboxylic acids is 1. The van der Waals surface area contributed by atoms with Crippen molar-refractivity contribution in [3.05, 3.63) is 12.0 Å². The van der Waals surface area contributed by atoms with Crippen LogP contribution in [-0.2, 0) is 18.6 Å². The van der Waals surface area contributed by atoms with Crippen molar-refractivity contribution in [1.29, 1.82) is 0 Å². The topological polar surface area (TPSA) is 227 Å². The summed E-state index contributed by atoms with van der Waals surface area (Å²) >= 11 is 0. The van der Waals surface area contributed by atoms with Crippen LogP contribution in [0.1, 0.15) is 23.1 Å². The summed E-state index contributed by atoms with van der Waals surface area (Å²) in [6, 6.07) is 0. The molecule has 1 fully saturated rings. The predicted octanol–water partition coefficient (Wildman–Crippen LogP) is -2.60. The predicted molar refractivity (Wildman–Crippen MR) is 85.1 cm³/mol. The van der Waals surface area contributed by atoms with Crippen LogP contribution < -0.4 is 11.1 Å². The number of amides is 1. The lowest BCUT2D eigenvalue weighted by Gasteiger charge is -2.17. The summed E-state index contributed by atoms with van der Waals surface area (Å²) < 4.78 is 21.4. The molecule has 1 aromatic rings. The minimum atomic E-state index is -4.80. The van der Waals surface area contributed by atoms with Crippen molar-refractivity contribution in [3.8, 4) is 0 Å². The Bertz CT molecular complexity index is 749. The smallest absolute Gasteiger partial charge is 0.469 e. The summed E-state index contributed by atoms with van der Waals surface area (Å²) in [5.41, 5.74) is 5.56. The van der Waals surface area contributed by atoms with E-state index in [1.807, 2.05) is 0 Å². The van der Waals surface area contributed by atoms with E-state index in [-0.39, 0.29) is 24.5 Å². The number of hydrogen-bond acceptors (Lipinski definition) is 9. The van der Waals surface area contributed by atoms with Gasteiger partial charge in [-0.3, -0.25) is 18.7 Å². The maximum Gasteiger partial charge on any atom is 0.469 e. The van der Waals surface area contributed by atoms with Crippen LogP contribution in [0.2, 0.25) is 0 Å². The van der Waals surface area contributed by atoms with E-state index in [0.29, 0.717) is 0 Å². The maximum atomic E-state index is 12.0. The molecule has 0 aliphatic carbocycles. The van der Waals surface area contributed by atoms with Gasteiger partial charge in [0.05, 0.1) is 19.4 Å². The monoisotopic (exact) mass is 410 g/mol. The number of hydrogen-bond donors (Lipinski definition) is 7. The molecule has 1 saturated heterocycles. The number of phosphoric ester groups is 1.